The fourth-order valence-corrected chi connectivity index (χ4v) is 0.452. The molecule has 0 atom stereocenters. The van der Waals surface area contributed by atoms with Crippen LogP contribution in [0.4, 0.5) is 13.2 Å². The van der Waals surface area contributed by atoms with Gasteiger partial charge in [0.2, 0.25) is 0 Å². The summed E-state index contributed by atoms with van der Waals surface area (Å²) >= 11 is 0. The molecule has 9 heavy (non-hydrogen) atoms. The van der Waals surface area contributed by atoms with E-state index in [2.05, 4.69) is 0 Å². The lowest BCUT2D eigenvalue weighted by Crippen LogP contribution is -2.08. The number of halogens is 3. The summed E-state index contributed by atoms with van der Waals surface area (Å²) < 4.78 is 34.2. The highest BCUT2D eigenvalue weighted by Crippen LogP contribution is 2.23. The number of alkyl halides is 3. The Bertz CT molecular complexity index is 72.9. The molecule has 0 saturated carbocycles. The third kappa shape index (κ3) is 7.79. The van der Waals surface area contributed by atoms with Crippen molar-refractivity contribution < 1.29 is 13.2 Å². The molecule has 0 rings (SSSR count). The van der Waals surface area contributed by atoms with E-state index in [-0.39, 0.29) is 12.3 Å². The van der Waals surface area contributed by atoms with E-state index < -0.39 is 12.6 Å². The maximum Gasteiger partial charge on any atom is 0.389 e. The minimum absolute atomic E-state index is 0.145. The summed E-state index contributed by atoms with van der Waals surface area (Å²) in [6.45, 7) is 3.57. The summed E-state index contributed by atoms with van der Waals surface area (Å²) in [6.07, 6.45) is -4.38. The minimum Gasteiger partial charge on any atom is -0.171 e. The van der Waals surface area contributed by atoms with Crippen LogP contribution in [0.15, 0.2) is 0 Å². The lowest BCUT2D eigenvalue weighted by atomic mass is 10.1. The molecule has 0 aromatic rings. The zero-order valence-corrected chi connectivity index (χ0v) is 5.63. The van der Waals surface area contributed by atoms with Gasteiger partial charge in [-0.3, -0.25) is 0 Å². The average Bonchev–Trinajstić information content (AvgIpc) is 1.59. The van der Waals surface area contributed by atoms with Crippen LogP contribution >= 0.6 is 0 Å². The molecule has 56 valence electrons. The molecular weight excluding hydrogens is 129 g/mol. The van der Waals surface area contributed by atoms with Gasteiger partial charge >= 0.3 is 6.18 Å². The summed E-state index contributed by atoms with van der Waals surface area (Å²) in [6, 6.07) is 0. The van der Waals surface area contributed by atoms with Crippen molar-refractivity contribution in [1.29, 1.82) is 0 Å². The Morgan fingerprint density at radius 1 is 1.22 bits per heavy atom. The Hall–Kier alpha value is -0.210. The van der Waals surface area contributed by atoms with Crippen LogP contribution in [0, 0.1) is 5.92 Å². The molecule has 0 N–H and O–H groups in total. The molecule has 0 unspecified atom stereocenters. The quantitative estimate of drug-likeness (QED) is 0.553. The number of rotatable bonds is 2. The molecule has 0 aliphatic rings. The van der Waals surface area contributed by atoms with Gasteiger partial charge in [-0.15, -0.1) is 0 Å². The highest BCUT2D eigenvalue weighted by atomic mass is 19.4. The molecule has 0 aliphatic heterocycles. The standard InChI is InChI=1S/C6H11F3/c1-5(2)3-4-6(7,8)9/h5H,3-4H2,1-2H3. The van der Waals surface area contributed by atoms with Gasteiger partial charge in [0.25, 0.3) is 0 Å². The normalized spacial score (nSPS) is 12.7. The topological polar surface area (TPSA) is 0 Å². The molecule has 3 heteroatoms. The number of hydrogen-bond acceptors (Lipinski definition) is 0. The van der Waals surface area contributed by atoms with Crippen molar-refractivity contribution in [2.45, 2.75) is 32.9 Å². The molecule has 0 saturated heterocycles. The molecule has 0 aromatic heterocycles. The largest absolute Gasteiger partial charge is 0.389 e. The second-order valence-corrected chi connectivity index (χ2v) is 2.55. The lowest BCUT2D eigenvalue weighted by Gasteiger charge is -2.06. The third-order valence-corrected chi connectivity index (χ3v) is 1.01. The molecule has 0 radical (unpaired) electrons. The van der Waals surface area contributed by atoms with Crippen LogP contribution in [-0.2, 0) is 0 Å². The van der Waals surface area contributed by atoms with E-state index in [1.54, 1.807) is 13.8 Å². The Morgan fingerprint density at radius 2 is 1.67 bits per heavy atom. The molecule has 0 spiro atoms. The monoisotopic (exact) mass is 140 g/mol. The lowest BCUT2D eigenvalue weighted by molar-refractivity contribution is -0.137. The van der Waals surface area contributed by atoms with Crippen LogP contribution in [0.5, 0.6) is 0 Å². The summed E-state index contributed by atoms with van der Waals surface area (Å²) in [4.78, 5) is 0. The van der Waals surface area contributed by atoms with Gasteiger partial charge in [-0.1, -0.05) is 13.8 Å². The van der Waals surface area contributed by atoms with Gasteiger partial charge < -0.3 is 0 Å². The summed E-state index contributed by atoms with van der Waals surface area (Å²) in [5.41, 5.74) is 0. The van der Waals surface area contributed by atoms with Crippen molar-refractivity contribution in [3.8, 4) is 0 Å². The molecule has 0 amide bonds. The van der Waals surface area contributed by atoms with Gasteiger partial charge in [-0.05, 0) is 12.3 Å². The van der Waals surface area contributed by atoms with Crippen LogP contribution in [0.3, 0.4) is 0 Å². The maximum absolute atomic E-state index is 11.4. The Kier molecular flexibility index (Phi) is 3.01. The van der Waals surface area contributed by atoms with E-state index >= 15 is 0 Å². The summed E-state index contributed by atoms with van der Waals surface area (Å²) in [5.74, 6) is 0.145. The first-order valence-electron chi connectivity index (χ1n) is 2.98. The minimum atomic E-state index is -3.97. The van der Waals surface area contributed by atoms with Crippen molar-refractivity contribution in [2.24, 2.45) is 5.92 Å². The van der Waals surface area contributed by atoms with Gasteiger partial charge in [-0.2, -0.15) is 13.2 Å². The highest BCUT2D eigenvalue weighted by molar-refractivity contribution is 4.52. The Balaban J connectivity index is 3.28. The van der Waals surface area contributed by atoms with Crippen molar-refractivity contribution in [3.05, 3.63) is 0 Å². The van der Waals surface area contributed by atoms with E-state index in [0.717, 1.165) is 0 Å². The summed E-state index contributed by atoms with van der Waals surface area (Å²) in [5, 5.41) is 0. The van der Waals surface area contributed by atoms with Crippen molar-refractivity contribution in [2.75, 3.05) is 0 Å². The maximum atomic E-state index is 11.4. The predicted octanol–water partition coefficient (Wildman–Crippen LogP) is 2.98. The molecular formula is C6H11F3. The van der Waals surface area contributed by atoms with Gasteiger partial charge in [-0.25, -0.2) is 0 Å². The Labute approximate surface area is 53.1 Å². The van der Waals surface area contributed by atoms with E-state index in [1.807, 2.05) is 0 Å². The van der Waals surface area contributed by atoms with Gasteiger partial charge in [0.05, 0.1) is 0 Å². The fourth-order valence-electron chi connectivity index (χ4n) is 0.452. The Morgan fingerprint density at radius 3 is 1.78 bits per heavy atom. The van der Waals surface area contributed by atoms with Crippen LogP contribution in [-0.4, -0.2) is 6.18 Å². The first kappa shape index (κ1) is 8.79. The zero-order chi connectivity index (χ0) is 7.49. The average molecular weight is 140 g/mol. The fraction of sp³-hybridized carbons (Fsp3) is 1.00. The van der Waals surface area contributed by atoms with Gasteiger partial charge in [0.15, 0.2) is 0 Å². The predicted molar refractivity (Wildman–Crippen MR) is 30.1 cm³/mol. The van der Waals surface area contributed by atoms with Crippen LogP contribution < -0.4 is 0 Å². The van der Waals surface area contributed by atoms with E-state index in [1.165, 1.54) is 0 Å². The SMILES string of the molecule is CC(C)CCC(F)(F)F. The van der Waals surface area contributed by atoms with E-state index in [9.17, 15) is 13.2 Å². The first-order chi connectivity index (χ1) is 3.92. The first-order valence-corrected chi connectivity index (χ1v) is 2.98. The molecule has 0 bridgehead atoms. The summed E-state index contributed by atoms with van der Waals surface area (Å²) in [7, 11) is 0. The molecule has 0 aliphatic carbocycles. The third-order valence-electron chi connectivity index (χ3n) is 1.01. The molecule has 0 fully saturated rings. The number of hydrogen-bond donors (Lipinski definition) is 0. The van der Waals surface area contributed by atoms with E-state index in [4.69, 9.17) is 0 Å². The van der Waals surface area contributed by atoms with Crippen LogP contribution in [0.2, 0.25) is 0 Å². The van der Waals surface area contributed by atoms with Crippen molar-refractivity contribution in [3.63, 3.8) is 0 Å². The second-order valence-electron chi connectivity index (χ2n) is 2.55. The van der Waals surface area contributed by atoms with E-state index in [0.29, 0.717) is 0 Å². The highest BCUT2D eigenvalue weighted by Gasteiger charge is 2.26. The second kappa shape index (κ2) is 3.08. The smallest absolute Gasteiger partial charge is 0.171 e. The zero-order valence-electron chi connectivity index (χ0n) is 5.63. The molecule has 0 aromatic carbocycles. The van der Waals surface area contributed by atoms with Gasteiger partial charge in [0.1, 0.15) is 0 Å². The molecule has 0 heterocycles. The van der Waals surface area contributed by atoms with Crippen molar-refractivity contribution >= 4 is 0 Å². The van der Waals surface area contributed by atoms with Crippen LogP contribution in [0.1, 0.15) is 26.7 Å². The van der Waals surface area contributed by atoms with Gasteiger partial charge in [0, 0.05) is 6.42 Å². The molecule has 0 nitrogen and oxygen atoms in total. The van der Waals surface area contributed by atoms with Crippen LogP contribution in [0.25, 0.3) is 0 Å². The van der Waals surface area contributed by atoms with Crippen molar-refractivity contribution in [1.82, 2.24) is 0 Å².